The second kappa shape index (κ2) is 11.3. The number of aliphatic hydroxyl groups excluding tert-OH is 1. The molecule has 0 radical (unpaired) electrons. The molecular weight excluding hydrogens is 454 g/mol. The van der Waals surface area contributed by atoms with Crippen molar-refractivity contribution >= 4 is 23.2 Å². The summed E-state index contributed by atoms with van der Waals surface area (Å²) in [5.74, 6) is -0.221. The topological polar surface area (TPSA) is 91.9 Å². The standard InChI is InChI=1S/C28H32N5O3/c1-28(2,3)22(19-34)18-30-26(35)21-6-4-20(5-7-21)25-12-13-29-27(32-25)31-23-8-10-24(11-9-23)33-14-16-36-17-15-33/h4-13,22,34H,14-17,19H2,1-3H3,(H,29,31,32)/q+1. The molecule has 8 nitrogen and oxygen atoms in total. The van der Waals surface area contributed by atoms with Crippen LogP contribution >= 0.6 is 0 Å². The smallest absolute Gasteiger partial charge is 0.395 e. The zero-order chi connectivity index (χ0) is 25.5. The van der Waals surface area contributed by atoms with Crippen LogP contribution in [0.4, 0.5) is 17.3 Å². The van der Waals surface area contributed by atoms with Gasteiger partial charge in [0, 0.05) is 41.1 Å². The molecule has 186 valence electrons. The van der Waals surface area contributed by atoms with Gasteiger partial charge in [0.2, 0.25) is 5.95 Å². The van der Waals surface area contributed by atoms with E-state index in [0.29, 0.717) is 11.5 Å². The van der Waals surface area contributed by atoms with Gasteiger partial charge in [-0.1, -0.05) is 32.9 Å². The maximum atomic E-state index is 12.5. The fourth-order valence-electron chi connectivity index (χ4n) is 3.78. The Bertz CT molecular complexity index is 1240. The van der Waals surface area contributed by atoms with Crippen molar-refractivity contribution in [2.24, 2.45) is 11.3 Å². The number of nitrogens with one attached hydrogen (secondary N) is 1. The molecule has 1 aromatic heterocycles. The number of nitrogens with zero attached hydrogens (tertiary/aromatic N) is 4. The number of hydrogen-bond donors (Lipinski definition) is 2. The van der Waals surface area contributed by atoms with Crippen LogP contribution in [0.15, 0.2) is 60.8 Å². The summed E-state index contributed by atoms with van der Waals surface area (Å²) in [5, 5.41) is 12.8. The van der Waals surface area contributed by atoms with Crippen LogP contribution in [0.5, 0.6) is 0 Å². The highest BCUT2D eigenvalue weighted by Crippen LogP contribution is 2.25. The number of aromatic nitrogens is 2. The number of aliphatic hydroxyl groups is 1. The maximum Gasteiger partial charge on any atom is 0.547 e. The van der Waals surface area contributed by atoms with Crippen molar-refractivity contribution in [3.63, 3.8) is 0 Å². The highest BCUT2D eigenvalue weighted by Gasteiger charge is 2.28. The first kappa shape index (κ1) is 25.3. The van der Waals surface area contributed by atoms with E-state index in [4.69, 9.17) is 4.74 Å². The Labute approximate surface area is 211 Å². The Morgan fingerprint density at radius 3 is 2.44 bits per heavy atom. The Balaban J connectivity index is 1.42. The minimum Gasteiger partial charge on any atom is -0.395 e. The lowest BCUT2D eigenvalue weighted by Crippen LogP contribution is -2.36. The third-order valence-electron chi connectivity index (χ3n) is 6.13. The lowest BCUT2D eigenvalue weighted by Gasteiger charge is -2.28. The van der Waals surface area contributed by atoms with Crippen molar-refractivity contribution in [2.45, 2.75) is 20.8 Å². The molecule has 1 unspecified atom stereocenters. The van der Waals surface area contributed by atoms with Gasteiger partial charge in [-0.05, 0) is 47.9 Å². The first-order chi connectivity index (χ1) is 17.3. The van der Waals surface area contributed by atoms with Crippen LogP contribution in [0, 0.1) is 17.4 Å². The van der Waals surface area contributed by atoms with Gasteiger partial charge in [-0.3, -0.25) is 0 Å². The summed E-state index contributed by atoms with van der Waals surface area (Å²) in [6.07, 6.45) is 1.70. The van der Waals surface area contributed by atoms with Crippen molar-refractivity contribution < 1.29 is 14.6 Å². The van der Waals surface area contributed by atoms with E-state index >= 15 is 0 Å². The van der Waals surface area contributed by atoms with Crippen LogP contribution in [0.3, 0.4) is 0 Å². The largest absolute Gasteiger partial charge is 0.547 e. The van der Waals surface area contributed by atoms with Gasteiger partial charge in [0.05, 0.1) is 25.5 Å². The molecule has 1 aliphatic heterocycles. The number of carbonyl (C=O) groups excluding carboxylic acids is 1. The number of anilines is 3. The molecule has 36 heavy (non-hydrogen) atoms. The number of hydrogen-bond acceptors (Lipinski definition) is 7. The van der Waals surface area contributed by atoms with Gasteiger partial charge >= 0.3 is 5.91 Å². The molecule has 1 atom stereocenters. The van der Waals surface area contributed by atoms with E-state index in [9.17, 15) is 9.90 Å². The van der Waals surface area contributed by atoms with Crippen LogP contribution in [0.1, 0.15) is 31.1 Å². The number of amides is 1. The van der Waals surface area contributed by atoms with Gasteiger partial charge in [-0.25, -0.2) is 9.97 Å². The first-order valence-electron chi connectivity index (χ1n) is 12.1. The van der Waals surface area contributed by atoms with Crippen molar-refractivity contribution in [3.05, 3.63) is 71.2 Å². The van der Waals surface area contributed by atoms with Gasteiger partial charge in [-0.15, -0.1) is 0 Å². The van der Waals surface area contributed by atoms with Crippen LogP contribution in [-0.4, -0.2) is 53.9 Å². The van der Waals surface area contributed by atoms with Crippen molar-refractivity contribution in [3.8, 4) is 17.3 Å². The average molecular weight is 487 g/mol. The summed E-state index contributed by atoms with van der Waals surface area (Å²) >= 11 is 0. The van der Waals surface area contributed by atoms with Crippen molar-refractivity contribution in [1.29, 1.82) is 0 Å². The molecule has 1 saturated heterocycles. The van der Waals surface area contributed by atoms with Gasteiger partial charge in [-0.2, -0.15) is 4.79 Å². The summed E-state index contributed by atoms with van der Waals surface area (Å²) in [6.45, 7) is 9.11. The van der Waals surface area contributed by atoms with E-state index in [-0.39, 0.29) is 17.9 Å². The van der Waals surface area contributed by atoms with Crippen LogP contribution in [-0.2, 0) is 4.74 Å². The average Bonchev–Trinajstić information content (AvgIpc) is 2.89. The lowest BCUT2D eigenvalue weighted by molar-refractivity contribution is 0.104. The van der Waals surface area contributed by atoms with Gasteiger partial charge < -0.3 is 20.1 Å². The zero-order valence-electron chi connectivity index (χ0n) is 20.9. The Morgan fingerprint density at radius 2 is 1.81 bits per heavy atom. The molecule has 0 saturated carbocycles. The quantitative estimate of drug-likeness (QED) is 0.514. The predicted octanol–water partition coefficient (Wildman–Crippen LogP) is 4.85. The molecule has 1 fully saturated rings. The van der Waals surface area contributed by atoms with Gasteiger partial charge in [0.1, 0.15) is 11.5 Å². The van der Waals surface area contributed by atoms with E-state index < -0.39 is 5.91 Å². The molecule has 0 spiro atoms. The molecule has 2 aromatic carbocycles. The molecule has 3 aromatic rings. The molecule has 1 amide bonds. The SMILES string of the molecule is CC(C)(C)C(C#[N+]C(=O)c1ccc(-c2ccnc(Nc3ccc(N4CCOCC4)cc3)n2)cc1)CO. The molecule has 4 rings (SSSR count). The maximum absolute atomic E-state index is 12.5. The molecule has 0 aliphatic carbocycles. The first-order valence-corrected chi connectivity index (χ1v) is 12.1. The highest BCUT2D eigenvalue weighted by atomic mass is 16.5. The number of benzene rings is 2. The van der Waals surface area contributed by atoms with Crippen LogP contribution in [0.2, 0.25) is 0 Å². The van der Waals surface area contributed by atoms with Crippen LogP contribution in [0.25, 0.3) is 16.1 Å². The number of rotatable bonds is 6. The van der Waals surface area contributed by atoms with Crippen LogP contribution < -0.4 is 10.2 Å². The Hall–Kier alpha value is -3.80. The minimum atomic E-state index is -0.394. The number of carbonyl (C=O) groups is 1. The van der Waals surface area contributed by atoms with Gasteiger partial charge in [0.15, 0.2) is 0 Å². The van der Waals surface area contributed by atoms with E-state index in [2.05, 4.69) is 43.2 Å². The Morgan fingerprint density at radius 1 is 1.11 bits per heavy atom. The zero-order valence-corrected chi connectivity index (χ0v) is 20.9. The molecule has 2 N–H and O–H groups in total. The molecule has 8 heteroatoms. The van der Waals surface area contributed by atoms with E-state index in [0.717, 1.165) is 43.2 Å². The molecular formula is C28H32N5O3+. The second-order valence-electron chi connectivity index (χ2n) is 9.76. The third kappa shape index (κ3) is 6.45. The number of morpholine rings is 1. The van der Waals surface area contributed by atoms with E-state index in [1.54, 1.807) is 18.3 Å². The molecule has 2 heterocycles. The molecule has 0 bridgehead atoms. The fraction of sp³-hybridized carbons (Fsp3) is 0.357. The monoisotopic (exact) mass is 486 g/mol. The fourth-order valence-corrected chi connectivity index (χ4v) is 3.78. The van der Waals surface area contributed by atoms with E-state index in [1.807, 2.05) is 51.1 Å². The third-order valence-corrected chi connectivity index (χ3v) is 6.13. The normalized spacial score (nSPS) is 14.5. The van der Waals surface area contributed by atoms with Crippen molar-refractivity contribution in [1.82, 2.24) is 9.97 Å². The Kier molecular flexibility index (Phi) is 7.93. The summed E-state index contributed by atoms with van der Waals surface area (Å²) in [7, 11) is 0. The predicted molar refractivity (Wildman–Crippen MR) is 142 cm³/mol. The second-order valence-corrected chi connectivity index (χ2v) is 9.76. The highest BCUT2D eigenvalue weighted by molar-refractivity contribution is 6.02. The minimum absolute atomic E-state index is 0.110. The number of ether oxygens (including phenoxy) is 1. The summed E-state index contributed by atoms with van der Waals surface area (Å²) < 4.78 is 5.42. The summed E-state index contributed by atoms with van der Waals surface area (Å²) in [5.41, 5.74) is 3.88. The van der Waals surface area contributed by atoms with Crippen molar-refractivity contribution in [2.75, 3.05) is 43.1 Å². The molecule has 1 aliphatic rings. The van der Waals surface area contributed by atoms with Gasteiger partial charge in [0.25, 0.3) is 6.07 Å². The lowest BCUT2D eigenvalue weighted by atomic mass is 9.82. The summed E-state index contributed by atoms with van der Waals surface area (Å²) in [6, 6.07) is 19.9. The summed E-state index contributed by atoms with van der Waals surface area (Å²) in [4.78, 5) is 27.7. The van der Waals surface area contributed by atoms with E-state index in [1.165, 1.54) is 5.69 Å².